The molecule has 2 aromatic carbocycles. The topological polar surface area (TPSA) is 29.5 Å². The van der Waals surface area contributed by atoms with Crippen molar-refractivity contribution in [1.82, 2.24) is 4.90 Å². The lowest BCUT2D eigenvalue weighted by atomic mass is 10.1. The largest absolute Gasteiger partial charge is 0.453 e. The van der Waals surface area contributed by atoms with E-state index in [2.05, 4.69) is 18.7 Å². The molecule has 2 aromatic rings. The Hall–Kier alpha value is -2.39. The molecular weight excluding hydrogens is 298 g/mol. The quantitative estimate of drug-likeness (QED) is 0.535. The van der Waals surface area contributed by atoms with Gasteiger partial charge in [-0.15, -0.1) is 0 Å². The molecule has 0 saturated heterocycles. The zero-order chi connectivity index (χ0) is 17.2. The molecule has 0 N–H and O–H groups in total. The smallest absolute Gasteiger partial charge is 0.331 e. The van der Waals surface area contributed by atoms with Crippen LogP contribution in [0.1, 0.15) is 31.1 Å². The highest BCUT2D eigenvalue weighted by molar-refractivity contribution is 5.87. The van der Waals surface area contributed by atoms with Crippen LogP contribution in [0, 0.1) is 0 Å². The highest BCUT2D eigenvalue weighted by Gasteiger charge is 2.18. The molecular formula is C21H25NO2. The predicted molar refractivity (Wildman–Crippen MR) is 98.5 cm³/mol. The molecule has 1 atom stereocenters. The van der Waals surface area contributed by atoms with Gasteiger partial charge >= 0.3 is 5.97 Å². The third-order valence-corrected chi connectivity index (χ3v) is 3.96. The first-order valence-electron chi connectivity index (χ1n) is 8.44. The minimum Gasteiger partial charge on any atom is -0.453 e. The lowest BCUT2D eigenvalue weighted by Crippen LogP contribution is -2.30. The first-order valence-corrected chi connectivity index (χ1v) is 8.44. The van der Waals surface area contributed by atoms with Gasteiger partial charge < -0.3 is 4.74 Å². The highest BCUT2D eigenvalue weighted by Crippen LogP contribution is 2.19. The van der Waals surface area contributed by atoms with Crippen LogP contribution in [0.5, 0.6) is 0 Å². The van der Waals surface area contributed by atoms with Gasteiger partial charge in [0.1, 0.15) is 6.10 Å². The Kier molecular flexibility index (Phi) is 7.24. The molecule has 3 heteroatoms. The zero-order valence-electron chi connectivity index (χ0n) is 14.4. The lowest BCUT2D eigenvalue weighted by molar-refractivity contribution is -0.144. The van der Waals surface area contributed by atoms with E-state index in [1.807, 2.05) is 60.7 Å². The fraction of sp³-hybridized carbons (Fsp3) is 0.286. The van der Waals surface area contributed by atoms with E-state index in [1.165, 1.54) is 6.08 Å². The van der Waals surface area contributed by atoms with Gasteiger partial charge in [-0.2, -0.15) is 0 Å². The number of benzene rings is 2. The van der Waals surface area contributed by atoms with Gasteiger partial charge in [-0.3, -0.25) is 4.90 Å². The molecule has 0 aliphatic carbocycles. The number of likely N-dealkylation sites (N-methyl/N-ethyl adjacent to an activating group) is 1. The van der Waals surface area contributed by atoms with E-state index in [1.54, 1.807) is 6.08 Å². The monoisotopic (exact) mass is 323 g/mol. The third-order valence-electron chi connectivity index (χ3n) is 3.96. The summed E-state index contributed by atoms with van der Waals surface area (Å²) in [5, 5.41) is 0. The van der Waals surface area contributed by atoms with Gasteiger partial charge in [0, 0.05) is 12.6 Å². The molecule has 0 heterocycles. The van der Waals surface area contributed by atoms with Crippen LogP contribution in [0.25, 0.3) is 6.08 Å². The van der Waals surface area contributed by atoms with Gasteiger partial charge in [-0.25, -0.2) is 4.79 Å². The Morgan fingerprint density at radius 2 is 1.58 bits per heavy atom. The molecule has 126 valence electrons. The van der Waals surface area contributed by atoms with Gasteiger partial charge in [0.2, 0.25) is 0 Å². The summed E-state index contributed by atoms with van der Waals surface area (Å²) in [5.74, 6) is -0.320. The summed E-state index contributed by atoms with van der Waals surface area (Å²) in [6.07, 6.45) is 3.01. The second-order valence-corrected chi connectivity index (χ2v) is 5.57. The van der Waals surface area contributed by atoms with E-state index >= 15 is 0 Å². The number of ether oxygens (including phenoxy) is 1. The van der Waals surface area contributed by atoms with Crippen LogP contribution >= 0.6 is 0 Å². The summed E-state index contributed by atoms with van der Waals surface area (Å²) in [4.78, 5) is 14.5. The first kappa shape index (κ1) is 18.0. The molecule has 0 saturated carbocycles. The highest BCUT2D eigenvalue weighted by atomic mass is 16.5. The van der Waals surface area contributed by atoms with Crippen molar-refractivity contribution in [2.75, 3.05) is 19.6 Å². The van der Waals surface area contributed by atoms with Crippen molar-refractivity contribution in [3.05, 3.63) is 77.9 Å². The second kappa shape index (κ2) is 9.68. The minimum atomic E-state index is -0.320. The first-order chi connectivity index (χ1) is 11.7. The Morgan fingerprint density at radius 3 is 2.17 bits per heavy atom. The number of esters is 1. The maximum absolute atomic E-state index is 12.2. The maximum atomic E-state index is 12.2. The Balaban J connectivity index is 2.07. The molecule has 0 amide bonds. The molecule has 0 radical (unpaired) electrons. The standard InChI is InChI=1S/C21H25NO2/c1-3-22(4-2)17-20(19-13-9-6-10-14-19)24-21(23)16-15-18-11-7-5-8-12-18/h5-16,20H,3-4,17H2,1-2H3/b16-15+. The average molecular weight is 323 g/mol. The van der Waals surface area contributed by atoms with Crippen molar-refractivity contribution in [3.63, 3.8) is 0 Å². The van der Waals surface area contributed by atoms with Gasteiger partial charge in [0.05, 0.1) is 0 Å². The Labute approximate surface area is 144 Å². The molecule has 2 rings (SSSR count). The van der Waals surface area contributed by atoms with Crippen molar-refractivity contribution in [3.8, 4) is 0 Å². The number of hydrogen-bond donors (Lipinski definition) is 0. The number of carbonyl (C=O) groups excluding carboxylic acids is 1. The second-order valence-electron chi connectivity index (χ2n) is 5.57. The number of carbonyl (C=O) groups is 1. The van der Waals surface area contributed by atoms with Crippen LogP contribution < -0.4 is 0 Å². The summed E-state index contributed by atoms with van der Waals surface area (Å²) < 4.78 is 5.73. The van der Waals surface area contributed by atoms with E-state index in [0.717, 1.165) is 24.2 Å². The fourth-order valence-electron chi connectivity index (χ4n) is 2.50. The van der Waals surface area contributed by atoms with E-state index in [4.69, 9.17) is 4.74 Å². The van der Waals surface area contributed by atoms with Crippen molar-refractivity contribution in [2.45, 2.75) is 20.0 Å². The van der Waals surface area contributed by atoms with Crippen LogP contribution in [-0.2, 0) is 9.53 Å². The normalized spacial score (nSPS) is 12.5. The summed E-state index contributed by atoms with van der Waals surface area (Å²) in [6.45, 7) is 6.78. The lowest BCUT2D eigenvalue weighted by Gasteiger charge is -2.25. The maximum Gasteiger partial charge on any atom is 0.331 e. The molecule has 0 aromatic heterocycles. The molecule has 1 unspecified atom stereocenters. The predicted octanol–water partition coefficient (Wildman–Crippen LogP) is 4.33. The Bertz CT molecular complexity index is 633. The van der Waals surface area contributed by atoms with E-state index < -0.39 is 0 Å². The summed E-state index contributed by atoms with van der Waals surface area (Å²) in [7, 11) is 0. The number of hydrogen-bond acceptors (Lipinski definition) is 3. The molecule has 0 bridgehead atoms. The van der Waals surface area contributed by atoms with Crippen molar-refractivity contribution in [1.29, 1.82) is 0 Å². The summed E-state index contributed by atoms with van der Waals surface area (Å²) >= 11 is 0. The number of nitrogens with zero attached hydrogens (tertiary/aromatic N) is 1. The van der Waals surface area contributed by atoms with Gasteiger partial charge in [-0.05, 0) is 30.3 Å². The van der Waals surface area contributed by atoms with Crippen molar-refractivity contribution >= 4 is 12.0 Å². The van der Waals surface area contributed by atoms with Crippen LogP contribution in [0.2, 0.25) is 0 Å². The summed E-state index contributed by atoms with van der Waals surface area (Å²) in [6, 6.07) is 19.7. The van der Waals surface area contributed by atoms with Crippen molar-refractivity contribution < 1.29 is 9.53 Å². The molecule has 0 aliphatic heterocycles. The van der Waals surface area contributed by atoms with E-state index in [9.17, 15) is 4.79 Å². The Morgan fingerprint density at radius 1 is 1.00 bits per heavy atom. The minimum absolute atomic E-state index is 0.265. The molecule has 3 nitrogen and oxygen atoms in total. The fourth-order valence-corrected chi connectivity index (χ4v) is 2.50. The molecule has 24 heavy (non-hydrogen) atoms. The average Bonchev–Trinajstić information content (AvgIpc) is 2.65. The van der Waals surface area contributed by atoms with Crippen molar-refractivity contribution in [2.24, 2.45) is 0 Å². The van der Waals surface area contributed by atoms with Gasteiger partial charge in [0.25, 0.3) is 0 Å². The van der Waals surface area contributed by atoms with Crippen LogP contribution in [0.4, 0.5) is 0 Å². The van der Waals surface area contributed by atoms with E-state index in [-0.39, 0.29) is 12.1 Å². The van der Waals surface area contributed by atoms with Crippen LogP contribution in [-0.4, -0.2) is 30.5 Å². The zero-order valence-corrected chi connectivity index (χ0v) is 14.4. The number of rotatable bonds is 8. The van der Waals surface area contributed by atoms with E-state index in [0.29, 0.717) is 6.54 Å². The summed E-state index contributed by atoms with van der Waals surface area (Å²) in [5.41, 5.74) is 2.00. The molecule has 0 aliphatic rings. The van der Waals surface area contributed by atoms with Crippen LogP contribution in [0.3, 0.4) is 0 Å². The van der Waals surface area contributed by atoms with Gasteiger partial charge in [-0.1, -0.05) is 74.5 Å². The molecule has 0 spiro atoms. The molecule has 0 fully saturated rings. The SMILES string of the molecule is CCN(CC)CC(OC(=O)/C=C/c1ccccc1)c1ccccc1. The van der Waals surface area contributed by atoms with Crippen LogP contribution in [0.15, 0.2) is 66.7 Å². The third kappa shape index (κ3) is 5.67. The van der Waals surface area contributed by atoms with Gasteiger partial charge in [0.15, 0.2) is 0 Å².